The summed E-state index contributed by atoms with van der Waals surface area (Å²) < 4.78 is 30.8. The van der Waals surface area contributed by atoms with Gasteiger partial charge in [-0.05, 0) is 6.07 Å². The molecule has 0 fully saturated rings. The zero-order chi connectivity index (χ0) is 12.3. The third kappa shape index (κ3) is 2.36. The van der Waals surface area contributed by atoms with Crippen LogP contribution in [0.5, 0.6) is 0 Å². The van der Waals surface area contributed by atoms with Crippen LogP contribution in [0, 0.1) is 0 Å². The number of nitrogens with zero attached hydrogens (tertiary/aromatic N) is 2. The highest BCUT2D eigenvalue weighted by Gasteiger charge is 2.19. The van der Waals surface area contributed by atoms with Gasteiger partial charge in [-0.25, -0.2) is 8.42 Å². The van der Waals surface area contributed by atoms with Crippen LogP contribution >= 0.6 is 0 Å². The maximum absolute atomic E-state index is 12.0. The number of rotatable bonds is 4. The third-order valence-corrected chi connectivity index (χ3v) is 3.40. The fourth-order valence-electron chi connectivity index (χ4n) is 1.26. The first kappa shape index (κ1) is 11.4. The second-order valence-corrected chi connectivity index (χ2v) is 4.76. The molecule has 0 aliphatic heterocycles. The van der Waals surface area contributed by atoms with E-state index in [0.717, 1.165) is 0 Å². The minimum absolute atomic E-state index is 0.0468. The number of nitrogens with one attached hydrogen (secondary N) is 2. The molecule has 0 amide bonds. The first-order valence-electron chi connectivity index (χ1n) is 4.68. The largest absolute Gasteiger partial charge is 0.387 e. The van der Waals surface area contributed by atoms with E-state index in [0.29, 0.717) is 5.69 Å². The smallest absolute Gasteiger partial charge is 0.266 e. The molecule has 0 atom stereocenters. The Hall–Kier alpha value is -2.09. The van der Waals surface area contributed by atoms with Gasteiger partial charge in [-0.1, -0.05) is 5.16 Å². The molecule has 0 spiro atoms. The van der Waals surface area contributed by atoms with Crippen LogP contribution in [0.25, 0.3) is 0 Å². The molecule has 2 heterocycles. The second kappa shape index (κ2) is 4.42. The van der Waals surface area contributed by atoms with E-state index in [1.54, 1.807) is 13.1 Å². The van der Waals surface area contributed by atoms with Crippen LogP contribution in [0.15, 0.2) is 40.2 Å². The quantitative estimate of drug-likeness (QED) is 0.841. The number of aromatic nitrogens is 2. The SMILES string of the molecule is CNc1ccncc1S(=O)(=O)Nc1ccon1. The molecule has 0 saturated heterocycles. The Labute approximate surface area is 97.9 Å². The molecule has 0 radical (unpaired) electrons. The van der Waals surface area contributed by atoms with Crippen LogP contribution in [0.4, 0.5) is 11.5 Å². The van der Waals surface area contributed by atoms with Crippen LogP contribution < -0.4 is 10.0 Å². The van der Waals surface area contributed by atoms with Gasteiger partial charge in [-0.2, -0.15) is 0 Å². The van der Waals surface area contributed by atoms with E-state index in [1.165, 1.54) is 24.7 Å². The second-order valence-electron chi connectivity index (χ2n) is 3.11. The maximum atomic E-state index is 12.0. The molecule has 0 aromatic carbocycles. The van der Waals surface area contributed by atoms with Crippen molar-refractivity contribution in [1.29, 1.82) is 0 Å². The van der Waals surface area contributed by atoms with Crippen molar-refractivity contribution in [2.45, 2.75) is 4.90 Å². The number of hydrogen-bond acceptors (Lipinski definition) is 6. The summed E-state index contributed by atoms with van der Waals surface area (Å²) in [5.41, 5.74) is 0.455. The van der Waals surface area contributed by atoms with E-state index < -0.39 is 10.0 Å². The standard InChI is InChI=1S/C9H10N4O3S/c1-10-7-2-4-11-6-8(7)17(14,15)13-9-3-5-16-12-9/h2-6H,1H3,(H,10,11)(H,12,13). The van der Waals surface area contributed by atoms with Gasteiger partial charge in [-0.3, -0.25) is 9.71 Å². The van der Waals surface area contributed by atoms with Crippen molar-refractivity contribution in [2.24, 2.45) is 0 Å². The molecule has 17 heavy (non-hydrogen) atoms. The molecule has 2 rings (SSSR count). The van der Waals surface area contributed by atoms with Gasteiger partial charge < -0.3 is 9.84 Å². The Morgan fingerprint density at radius 2 is 2.18 bits per heavy atom. The van der Waals surface area contributed by atoms with E-state index in [1.807, 2.05) is 0 Å². The lowest BCUT2D eigenvalue weighted by molar-refractivity contribution is 0.423. The molecule has 0 bridgehead atoms. The lowest BCUT2D eigenvalue weighted by Gasteiger charge is -2.09. The molecule has 2 N–H and O–H groups in total. The topological polar surface area (TPSA) is 97.1 Å². The first-order valence-corrected chi connectivity index (χ1v) is 6.17. The van der Waals surface area contributed by atoms with E-state index in [-0.39, 0.29) is 10.7 Å². The van der Waals surface area contributed by atoms with Crippen LogP contribution in [-0.2, 0) is 10.0 Å². The van der Waals surface area contributed by atoms with Gasteiger partial charge in [0.05, 0.1) is 5.69 Å². The Morgan fingerprint density at radius 1 is 1.35 bits per heavy atom. The molecule has 90 valence electrons. The van der Waals surface area contributed by atoms with Crippen molar-refractivity contribution in [3.05, 3.63) is 30.8 Å². The van der Waals surface area contributed by atoms with E-state index in [9.17, 15) is 8.42 Å². The van der Waals surface area contributed by atoms with E-state index in [4.69, 9.17) is 0 Å². The van der Waals surface area contributed by atoms with Crippen LogP contribution in [-0.4, -0.2) is 25.6 Å². The molecular weight excluding hydrogens is 244 g/mol. The summed E-state index contributed by atoms with van der Waals surface area (Å²) in [5.74, 6) is 0.121. The van der Waals surface area contributed by atoms with E-state index >= 15 is 0 Å². The Kier molecular flexibility index (Phi) is 2.96. The van der Waals surface area contributed by atoms with Crippen molar-refractivity contribution in [3.8, 4) is 0 Å². The summed E-state index contributed by atoms with van der Waals surface area (Å²) >= 11 is 0. The Balaban J connectivity index is 2.38. The molecule has 0 unspecified atom stereocenters. The minimum atomic E-state index is -3.72. The summed E-state index contributed by atoms with van der Waals surface area (Å²) in [6.07, 6.45) is 4.04. The van der Waals surface area contributed by atoms with Gasteiger partial charge in [-0.15, -0.1) is 0 Å². The zero-order valence-electron chi connectivity index (χ0n) is 8.91. The fraction of sp³-hybridized carbons (Fsp3) is 0.111. The summed E-state index contributed by atoms with van der Waals surface area (Å²) in [6, 6.07) is 2.98. The van der Waals surface area contributed by atoms with Crippen molar-refractivity contribution in [2.75, 3.05) is 17.1 Å². The molecule has 2 aromatic rings. The lowest BCUT2D eigenvalue weighted by atomic mass is 10.4. The van der Waals surface area contributed by atoms with Gasteiger partial charge >= 0.3 is 0 Å². The average Bonchev–Trinajstić information content (AvgIpc) is 2.81. The monoisotopic (exact) mass is 254 g/mol. The summed E-state index contributed by atoms with van der Waals surface area (Å²) in [6.45, 7) is 0. The van der Waals surface area contributed by atoms with Gasteiger partial charge in [0.25, 0.3) is 10.0 Å². The molecule has 0 aliphatic rings. The van der Waals surface area contributed by atoms with Crippen LogP contribution in [0.3, 0.4) is 0 Å². The number of sulfonamides is 1. The predicted molar refractivity (Wildman–Crippen MR) is 61.1 cm³/mol. The highest BCUT2D eigenvalue weighted by molar-refractivity contribution is 7.92. The summed E-state index contributed by atoms with van der Waals surface area (Å²) in [5, 5.41) is 6.25. The van der Waals surface area contributed by atoms with Crippen molar-refractivity contribution in [1.82, 2.24) is 10.1 Å². The number of anilines is 2. The fourth-order valence-corrected chi connectivity index (χ4v) is 2.41. The number of pyridine rings is 1. The van der Waals surface area contributed by atoms with Crippen molar-refractivity contribution < 1.29 is 12.9 Å². The van der Waals surface area contributed by atoms with Gasteiger partial charge in [0.15, 0.2) is 5.82 Å². The Bertz CT molecular complexity index is 594. The van der Waals surface area contributed by atoms with Crippen molar-refractivity contribution >= 4 is 21.5 Å². The molecule has 0 saturated carbocycles. The third-order valence-electron chi connectivity index (χ3n) is 2.02. The summed E-state index contributed by atoms with van der Waals surface area (Å²) in [7, 11) is -2.09. The lowest BCUT2D eigenvalue weighted by Crippen LogP contribution is -2.15. The summed E-state index contributed by atoms with van der Waals surface area (Å²) in [4.78, 5) is 3.83. The zero-order valence-corrected chi connectivity index (χ0v) is 9.73. The van der Waals surface area contributed by atoms with Gasteiger partial charge in [0, 0.05) is 25.5 Å². The first-order chi connectivity index (χ1) is 8.13. The molecule has 7 nitrogen and oxygen atoms in total. The van der Waals surface area contributed by atoms with Gasteiger partial charge in [0.2, 0.25) is 0 Å². The van der Waals surface area contributed by atoms with Crippen molar-refractivity contribution in [3.63, 3.8) is 0 Å². The molecule has 8 heteroatoms. The molecule has 2 aromatic heterocycles. The predicted octanol–water partition coefficient (Wildman–Crippen LogP) is 0.912. The highest BCUT2D eigenvalue weighted by Crippen LogP contribution is 2.21. The van der Waals surface area contributed by atoms with E-state index in [2.05, 4.69) is 24.7 Å². The van der Waals surface area contributed by atoms with Crippen LogP contribution in [0.2, 0.25) is 0 Å². The minimum Gasteiger partial charge on any atom is -0.387 e. The maximum Gasteiger partial charge on any atom is 0.266 e. The Morgan fingerprint density at radius 3 is 2.82 bits per heavy atom. The average molecular weight is 254 g/mol. The normalized spacial score (nSPS) is 11.1. The number of hydrogen-bond donors (Lipinski definition) is 2. The molecule has 0 aliphatic carbocycles. The molecular formula is C9H10N4O3S. The highest BCUT2D eigenvalue weighted by atomic mass is 32.2. The van der Waals surface area contributed by atoms with Crippen LogP contribution in [0.1, 0.15) is 0 Å². The van der Waals surface area contributed by atoms with Gasteiger partial charge in [0.1, 0.15) is 11.2 Å².